The molecule has 1 fully saturated rings. The number of nitrogens with one attached hydrogen (secondary N) is 1. The van der Waals surface area contributed by atoms with Crippen LogP contribution in [0.5, 0.6) is 0 Å². The normalized spacial score (nSPS) is 13.6. The summed E-state index contributed by atoms with van der Waals surface area (Å²) in [7, 11) is 1.60. The van der Waals surface area contributed by atoms with Gasteiger partial charge in [-0.25, -0.2) is 9.37 Å². The van der Waals surface area contributed by atoms with E-state index in [2.05, 4.69) is 15.2 Å². The van der Waals surface area contributed by atoms with Crippen LogP contribution in [0.1, 0.15) is 25.9 Å². The predicted octanol–water partition coefficient (Wildman–Crippen LogP) is 3.73. The molecule has 0 bridgehead atoms. The summed E-state index contributed by atoms with van der Waals surface area (Å²) in [6, 6.07) is 13.9. The van der Waals surface area contributed by atoms with Gasteiger partial charge in [-0.05, 0) is 48.9 Å². The molecule has 4 rings (SSSR count). The van der Waals surface area contributed by atoms with Gasteiger partial charge < -0.3 is 19.9 Å². The first-order valence-corrected chi connectivity index (χ1v) is 11.9. The van der Waals surface area contributed by atoms with E-state index in [1.54, 1.807) is 26.1 Å². The van der Waals surface area contributed by atoms with Gasteiger partial charge in [-0.1, -0.05) is 12.1 Å². The maximum Gasteiger partial charge on any atom is 0.266 e. The Morgan fingerprint density at radius 3 is 2.47 bits per heavy atom. The van der Waals surface area contributed by atoms with Gasteiger partial charge in [0.05, 0.1) is 30.5 Å². The lowest BCUT2D eigenvalue weighted by Crippen LogP contribution is -2.36. The number of thiazole rings is 1. The number of ether oxygens (including phenoxy) is 1. The smallest absolute Gasteiger partial charge is 0.266 e. The minimum atomic E-state index is -0.289. The number of aromatic nitrogens is 1. The Bertz CT molecular complexity index is 1140. The fourth-order valence-corrected chi connectivity index (χ4v) is 4.83. The maximum absolute atomic E-state index is 13.1. The Balaban J connectivity index is 1.32. The third kappa shape index (κ3) is 5.98. The van der Waals surface area contributed by atoms with E-state index >= 15 is 0 Å². The summed E-state index contributed by atoms with van der Waals surface area (Å²) in [6.45, 7) is 4.83. The van der Waals surface area contributed by atoms with Gasteiger partial charge in [-0.3, -0.25) is 9.59 Å². The molecular formula is C25H27FN4O3S. The third-order valence-corrected chi connectivity index (χ3v) is 6.70. The Hall–Kier alpha value is -3.30. The first-order chi connectivity index (χ1) is 16.4. The van der Waals surface area contributed by atoms with Gasteiger partial charge in [0.1, 0.15) is 10.7 Å². The van der Waals surface area contributed by atoms with E-state index in [9.17, 15) is 14.0 Å². The molecule has 1 aliphatic rings. The van der Waals surface area contributed by atoms with Crippen molar-refractivity contribution in [2.75, 3.05) is 50.1 Å². The summed E-state index contributed by atoms with van der Waals surface area (Å²) in [4.78, 5) is 34.1. The molecule has 0 aliphatic carbocycles. The van der Waals surface area contributed by atoms with Crippen molar-refractivity contribution in [3.63, 3.8) is 0 Å². The summed E-state index contributed by atoms with van der Waals surface area (Å²) in [5, 5.41) is 3.62. The Morgan fingerprint density at radius 1 is 1.12 bits per heavy atom. The molecule has 178 valence electrons. The van der Waals surface area contributed by atoms with Gasteiger partial charge >= 0.3 is 0 Å². The minimum absolute atomic E-state index is 0.0747. The van der Waals surface area contributed by atoms with Crippen molar-refractivity contribution >= 4 is 34.5 Å². The lowest BCUT2D eigenvalue weighted by Gasteiger charge is -2.28. The van der Waals surface area contributed by atoms with Gasteiger partial charge in [-0.15, -0.1) is 11.3 Å². The monoisotopic (exact) mass is 482 g/mol. The van der Waals surface area contributed by atoms with Crippen molar-refractivity contribution < 1.29 is 18.7 Å². The lowest BCUT2D eigenvalue weighted by molar-refractivity contribution is -0.116. The number of likely N-dealkylation sites (N-methyl/N-ethyl adjacent to an activating group) is 1. The molecule has 7 nitrogen and oxygen atoms in total. The summed E-state index contributed by atoms with van der Waals surface area (Å²) in [6.07, 6.45) is 0.518. The molecule has 2 heterocycles. The van der Waals surface area contributed by atoms with Crippen molar-refractivity contribution in [2.24, 2.45) is 0 Å². The van der Waals surface area contributed by atoms with Crippen molar-refractivity contribution in [1.29, 1.82) is 0 Å². The molecule has 3 aromatic rings. The van der Waals surface area contributed by atoms with Gasteiger partial charge in [0.2, 0.25) is 5.91 Å². The van der Waals surface area contributed by atoms with Crippen LogP contribution in [0.2, 0.25) is 0 Å². The molecule has 0 atom stereocenters. The molecule has 2 amide bonds. The van der Waals surface area contributed by atoms with Crippen molar-refractivity contribution in [1.82, 2.24) is 9.88 Å². The highest BCUT2D eigenvalue weighted by Gasteiger charge is 2.21. The van der Waals surface area contributed by atoms with Crippen molar-refractivity contribution in [3.05, 3.63) is 75.5 Å². The highest BCUT2D eigenvalue weighted by atomic mass is 32.1. The van der Waals surface area contributed by atoms with Gasteiger partial charge in [0, 0.05) is 37.9 Å². The fraction of sp³-hybridized carbons (Fsp3) is 0.320. The maximum atomic E-state index is 13.1. The number of halogens is 1. The summed E-state index contributed by atoms with van der Waals surface area (Å²) >= 11 is 1.30. The van der Waals surface area contributed by atoms with E-state index in [0.717, 1.165) is 29.3 Å². The quantitative estimate of drug-likeness (QED) is 0.556. The largest absolute Gasteiger partial charge is 0.378 e. The summed E-state index contributed by atoms with van der Waals surface area (Å²) < 4.78 is 18.5. The van der Waals surface area contributed by atoms with Crippen LogP contribution in [0, 0.1) is 12.7 Å². The van der Waals surface area contributed by atoms with Crippen molar-refractivity contribution in [2.45, 2.75) is 13.3 Å². The van der Waals surface area contributed by atoms with E-state index in [0.29, 0.717) is 35.9 Å². The second kappa shape index (κ2) is 10.8. The lowest BCUT2D eigenvalue weighted by atomic mass is 10.1. The number of aryl methyl sites for hydroxylation is 1. The van der Waals surface area contributed by atoms with E-state index in [1.807, 2.05) is 24.3 Å². The number of rotatable bonds is 7. The molecule has 2 aromatic carbocycles. The first-order valence-electron chi connectivity index (χ1n) is 11.1. The SMILES string of the molecule is Cc1nc(Cc2ccc(F)cc2)sc1C(=O)N(C)CC(=O)Nc1ccc(N2CCOCC2)cc1. The number of nitrogens with zero attached hydrogens (tertiary/aromatic N) is 3. The number of hydrogen-bond acceptors (Lipinski definition) is 6. The zero-order chi connectivity index (χ0) is 24.1. The topological polar surface area (TPSA) is 74.8 Å². The molecule has 1 N–H and O–H groups in total. The molecule has 9 heteroatoms. The van der Waals surface area contributed by atoms with Gasteiger partial charge in [0.25, 0.3) is 5.91 Å². The number of carbonyl (C=O) groups is 2. The van der Waals surface area contributed by atoms with Gasteiger partial charge in [0.15, 0.2) is 0 Å². The van der Waals surface area contributed by atoms with Crippen LogP contribution in [0.25, 0.3) is 0 Å². The number of benzene rings is 2. The number of carbonyl (C=O) groups excluding carboxylic acids is 2. The van der Waals surface area contributed by atoms with E-state index in [1.165, 1.54) is 28.4 Å². The van der Waals surface area contributed by atoms with E-state index < -0.39 is 0 Å². The number of anilines is 2. The van der Waals surface area contributed by atoms with Crippen LogP contribution < -0.4 is 10.2 Å². The van der Waals surface area contributed by atoms with E-state index in [-0.39, 0.29) is 24.2 Å². The molecule has 1 aliphatic heterocycles. The summed E-state index contributed by atoms with van der Waals surface area (Å²) in [5.41, 5.74) is 3.31. The van der Waals surface area contributed by atoms with Crippen LogP contribution in [0.3, 0.4) is 0 Å². The average Bonchev–Trinajstić information content (AvgIpc) is 3.20. The Morgan fingerprint density at radius 2 is 1.79 bits per heavy atom. The van der Waals surface area contributed by atoms with Crippen LogP contribution in [-0.2, 0) is 16.0 Å². The average molecular weight is 483 g/mol. The van der Waals surface area contributed by atoms with Crippen LogP contribution in [0.15, 0.2) is 48.5 Å². The third-order valence-electron chi connectivity index (χ3n) is 5.56. The fourth-order valence-electron chi connectivity index (χ4n) is 3.74. The molecule has 0 radical (unpaired) electrons. The molecule has 0 unspecified atom stereocenters. The predicted molar refractivity (Wildman–Crippen MR) is 131 cm³/mol. The number of morpholine rings is 1. The zero-order valence-corrected chi connectivity index (χ0v) is 20.0. The first kappa shape index (κ1) is 23.8. The molecule has 0 spiro atoms. The highest BCUT2D eigenvalue weighted by Crippen LogP contribution is 2.23. The molecule has 1 aromatic heterocycles. The van der Waals surface area contributed by atoms with Crippen LogP contribution >= 0.6 is 11.3 Å². The zero-order valence-electron chi connectivity index (χ0n) is 19.2. The number of amides is 2. The highest BCUT2D eigenvalue weighted by molar-refractivity contribution is 7.13. The van der Waals surface area contributed by atoms with Crippen molar-refractivity contribution in [3.8, 4) is 0 Å². The molecular weight excluding hydrogens is 455 g/mol. The second-order valence-electron chi connectivity index (χ2n) is 8.18. The standard InChI is InChI=1S/C25H27FN4O3S/c1-17-24(34-23(27-17)15-18-3-5-19(26)6-4-18)25(32)29(2)16-22(31)28-20-7-9-21(10-8-20)30-11-13-33-14-12-30/h3-10H,11-16H2,1-2H3,(H,28,31). The Labute approximate surface area is 202 Å². The molecule has 1 saturated heterocycles. The Kier molecular flexibility index (Phi) is 7.54. The minimum Gasteiger partial charge on any atom is -0.378 e. The van der Waals surface area contributed by atoms with E-state index in [4.69, 9.17) is 4.74 Å². The van der Waals surface area contributed by atoms with Crippen LogP contribution in [0.4, 0.5) is 15.8 Å². The molecule has 34 heavy (non-hydrogen) atoms. The second-order valence-corrected chi connectivity index (χ2v) is 9.26. The summed E-state index contributed by atoms with van der Waals surface area (Å²) in [5.74, 6) is -0.815. The van der Waals surface area contributed by atoms with Gasteiger partial charge in [-0.2, -0.15) is 0 Å². The number of hydrogen-bond donors (Lipinski definition) is 1. The van der Waals surface area contributed by atoms with Crippen LogP contribution in [-0.4, -0.2) is 61.6 Å². The molecule has 0 saturated carbocycles.